The molecule has 0 heterocycles. The number of carbonyl (C=O) groups is 1. The van der Waals surface area contributed by atoms with Crippen LogP contribution in [-0.2, 0) is 0 Å². The number of aromatic hydroxyl groups is 1. The molecular formula is C13H18N2O2. The van der Waals surface area contributed by atoms with E-state index in [0.29, 0.717) is 24.2 Å². The molecule has 1 fully saturated rings. The summed E-state index contributed by atoms with van der Waals surface area (Å²) < 4.78 is 0. The Bertz CT molecular complexity index is 439. The third-order valence-corrected chi connectivity index (χ3v) is 3.56. The van der Waals surface area contributed by atoms with Crippen molar-refractivity contribution in [2.24, 2.45) is 11.1 Å². The normalized spacial score (nSPS) is 16.6. The average Bonchev–Trinajstić information content (AvgIpc) is 3.10. The zero-order chi connectivity index (χ0) is 12.5. The average molecular weight is 234 g/mol. The maximum Gasteiger partial charge on any atom is 0.251 e. The first kappa shape index (κ1) is 11.9. The van der Waals surface area contributed by atoms with Gasteiger partial charge in [0.05, 0.1) is 0 Å². The lowest BCUT2D eigenvalue weighted by atomic mass is 10.1. The van der Waals surface area contributed by atoms with E-state index >= 15 is 0 Å². The van der Waals surface area contributed by atoms with Crippen LogP contribution in [0.5, 0.6) is 5.75 Å². The highest BCUT2D eigenvalue weighted by Gasteiger charge is 2.41. The van der Waals surface area contributed by atoms with Crippen molar-refractivity contribution in [3.63, 3.8) is 0 Å². The number of phenols is 1. The molecular weight excluding hydrogens is 216 g/mol. The van der Waals surface area contributed by atoms with Gasteiger partial charge in [0.15, 0.2) is 0 Å². The van der Waals surface area contributed by atoms with Gasteiger partial charge in [-0.15, -0.1) is 0 Å². The van der Waals surface area contributed by atoms with Gasteiger partial charge in [-0.2, -0.15) is 0 Å². The smallest absolute Gasteiger partial charge is 0.251 e. The molecule has 1 aromatic rings. The lowest BCUT2D eigenvalue weighted by Gasteiger charge is -2.14. The van der Waals surface area contributed by atoms with E-state index in [0.717, 1.165) is 12.8 Å². The first-order valence-corrected chi connectivity index (χ1v) is 5.85. The second kappa shape index (κ2) is 4.37. The van der Waals surface area contributed by atoms with E-state index in [1.807, 2.05) is 0 Å². The standard InChI is InChI=1S/C13H18N2O2/c1-9-10(3-2-4-11(9)16)12(17)15-8-13(7-14)5-6-13/h2-4,16H,5-8,14H2,1H3,(H,15,17). The molecule has 17 heavy (non-hydrogen) atoms. The van der Waals surface area contributed by atoms with Gasteiger partial charge in [0, 0.05) is 23.1 Å². The molecule has 2 rings (SSSR count). The van der Waals surface area contributed by atoms with Crippen LogP contribution >= 0.6 is 0 Å². The largest absolute Gasteiger partial charge is 0.508 e. The lowest BCUT2D eigenvalue weighted by molar-refractivity contribution is 0.0944. The van der Waals surface area contributed by atoms with Crippen LogP contribution in [0, 0.1) is 12.3 Å². The Morgan fingerprint density at radius 2 is 2.24 bits per heavy atom. The predicted molar refractivity (Wildman–Crippen MR) is 65.9 cm³/mol. The van der Waals surface area contributed by atoms with Crippen molar-refractivity contribution in [2.75, 3.05) is 13.1 Å². The van der Waals surface area contributed by atoms with Crippen LogP contribution in [0.15, 0.2) is 18.2 Å². The zero-order valence-electron chi connectivity index (χ0n) is 9.99. The molecule has 0 unspecified atom stereocenters. The number of hydrogen-bond acceptors (Lipinski definition) is 3. The maximum absolute atomic E-state index is 11.9. The van der Waals surface area contributed by atoms with Gasteiger partial charge in [-0.1, -0.05) is 6.07 Å². The fraction of sp³-hybridized carbons (Fsp3) is 0.462. The van der Waals surface area contributed by atoms with E-state index in [-0.39, 0.29) is 17.1 Å². The third-order valence-electron chi connectivity index (χ3n) is 3.56. The van der Waals surface area contributed by atoms with Crippen molar-refractivity contribution in [3.8, 4) is 5.75 Å². The van der Waals surface area contributed by atoms with Gasteiger partial charge in [-0.05, 0) is 38.4 Å². The van der Waals surface area contributed by atoms with Crippen LogP contribution in [0.4, 0.5) is 0 Å². The fourth-order valence-corrected chi connectivity index (χ4v) is 1.86. The minimum Gasteiger partial charge on any atom is -0.508 e. The Balaban J connectivity index is 2.02. The van der Waals surface area contributed by atoms with Crippen LogP contribution in [0.1, 0.15) is 28.8 Å². The predicted octanol–water partition coefficient (Wildman–Crippen LogP) is 1.17. The molecule has 92 valence electrons. The van der Waals surface area contributed by atoms with Crippen LogP contribution in [-0.4, -0.2) is 24.1 Å². The summed E-state index contributed by atoms with van der Waals surface area (Å²) >= 11 is 0. The van der Waals surface area contributed by atoms with Crippen LogP contribution in [0.2, 0.25) is 0 Å². The molecule has 0 radical (unpaired) electrons. The number of carbonyl (C=O) groups excluding carboxylic acids is 1. The molecule has 0 spiro atoms. The van der Waals surface area contributed by atoms with E-state index in [2.05, 4.69) is 5.32 Å². The molecule has 1 amide bonds. The number of nitrogens with one attached hydrogen (secondary N) is 1. The number of nitrogens with two attached hydrogens (primary N) is 1. The van der Waals surface area contributed by atoms with E-state index in [1.165, 1.54) is 0 Å². The van der Waals surface area contributed by atoms with Crippen molar-refractivity contribution >= 4 is 5.91 Å². The number of benzene rings is 1. The van der Waals surface area contributed by atoms with Gasteiger partial charge in [0.1, 0.15) is 5.75 Å². The van der Waals surface area contributed by atoms with Crippen LogP contribution < -0.4 is 11.1 Å². The molecule has 0 aliphatic heterocycles. The van der Waals surface area contributed by atoms with Crippen molar-refractivity contribution in [3.05, 3.63) is 29.3 Å². The summed E-state index contributed by atoms with van der Waals surface area (Å²) in [7, 11) is 0. The first-order chi connectivity index (χ1) is 8.08. The molecule has 1 aromatic carbocycles. The molecule has 0 atom stereocenters. The van der Waals surface area contributed by atoms with Gasteiger partial charge in [0.2, 0.25) is 0 Å². The second-order valence-electron chi connectivity index (χ2n) is 4.84. The highest BCUT2D eigenvalue weighted by molar-refractivity contribution is 5.96. The Hall–Kier alpha value is -1.55. The highest BCUT2D eigenvalue weighted by atomic mass is 16.3. The third kappa shape index (κ3) is 2.42. The topological polar surface area (TPSA) is 75.3 Å². The molecule has 4 N–H and O–H groups in total. The molecule has 1 aliphatic carbocycles. The lowest BCUT2D eigenvalue weighted by Crippen LogP contribution is -2.34. The van der Waals surface area contributed by atoms with Gasteiger partial charge in [-0.3, -0.25) is 4.79 Å². The molecule has 4 nitrogen and oxygen atoms in total. The number of hydrogen-bond donors (Lipinski definition) is 3. The van der Waals surface area contributed by atoms with Crippen molar-refractivity contribution in [1.82, 2.24) is 5.32 Å². The first-order valence-electron chi connectivity index (χ1n) is 5.85. The zero-order valence-corrected chi connectivity index (χ0v) is 9.99. The van der Waals surface area contributed by atoms with Crippen molar-refractivity contribution < 1.29 is 9.90 Å². The molecule has 0 saturated heterocycles. The summed E-state index contributed by atoms with van der Waals surface area (Å²) in [5, 5.41) is 12.4. The van der Waals surface area contributed by atoms with Crippen molar-refractivity contribution in [2.45, 2.75) is 19.8 Å². The number of amides is 1. The van der Waals surface area contributed by atoms with Crippen molar-refractivity contribution in [1.29, 1.82) is 0 Å². The summed E-state index contributed by atoms with van der Waals surface area (Å²) in [6, 6.07) is 4.97. The molecule has 4 heteroatoms. The summed E-state index contributed by atoms with van der Waals surface area (Å²) in [6.07, 6.45) is 2.17. The minimum atomic E-state index is -0.141. The Labute approximate surface area is 101 Å². The van der Waals surface area contributed by atoms with E-state index in [9.17, 15) is 9.90 Å². The Morgan fingerprint density at radius 1 is 1.53 bits per heavy atom. The SMILES string of the molecule is Cc1c(O)cccc1C(=O)NCC1(CN)CC1. The van der Waals surface area contributed by atoms with E-state index < -0.39 is 0 Å². The number of rotatable bonds is 4. The minimum absolute atomic E-state index is 0.125. The van der Waals surface area contributed by atoms with Gasteiger partial charge >= 0.3 is 0 Å². The van der Waals surface area contributed by atoms with E-state index in [1.54, 1.807) is 25.1 Å². The fourth-order valence-electron chi connectivity index (χ4n) is 1.86. The van der Waals surface area contributed by atoms with E-state index in [4.69, 9.17) is 5.73 Å². The summed E-state index contributed by atoms with van der Waals surface area (Å²) in [5.74, 6) is 0.00994. The quantitative estimate of drug-likeness (QED) is 0.732. The monoisotopic (exact) mass is 234 g/mol. The van der Waals surface area contributed by atoms with Crippen LogP contribution in [0.25, 0.3) is 0 Å². The molecule has 0 bridgehead atoms. The van der Waals surface area contributed by atoms with Crippen LogP contribution in [0.3, 0.4) is 0 Å². The second-order valence-corrected chi connectivity index (χ2v) is 4.84. The molecule has 0 aromatic heterocycles. The maximum atomic E-state index is 11.9. The van der Waals surface area contributed by atoms with Gasteiger partial charge in [0.25, 0.3) is 5.91 Å². The molecule has 1 aliphatic rings. The molecule has 1 saturated carbocycles. The Morgan fingerprint density at radius 3 is 2.82 bits per heavy atom. The summed E-state index contributed by atoms with van der Waals surface area (Å²) in [6.45, 7) is 2.98. The van der Waals surface area contributed by atoms with Gasteiger partial charge in [-0.25, -0.2) is 0 Å². The van der Waals surface area contributed by atoms with Gasteiger partial charge < -0.3 is 16.2 Å². The highest BCUT2D eigenvalue weighted by Crippen LogP contribution is 2.43. The summed E-state index contributed by atoms with van der Waals surface area (Å²) in [5.41, 5.74) is 6.92. The summed E-state index contributed by atoms with van der Waals surface area (Å²) in [4.78, 5) is 11.9. The Kier molecular flexibility index (Phi) is 3.07. The number of phenolic OH excluding ortho intramolecular Hbond substituents is 1.